The molecule has 1 saturated heterocycles. The fourth-order valence-electron chi connectivity index (χ4n) is 2.09. The molecule has 2 rings (SSSR count). The van der Waals surface area contributed by atoms with E-state index in [1.165, 1.54) is 0 Å². The Morgan fingerprint density at radius 1 is 1.68 bits per heavy atom. The maximum absolute atomic E-state index is 12.1. The van der Waals surface area contributed by atoms with Crippen molar-refractivity contribution >= 4 is 39.2 Å². The Morgan fingerprint density at radius 2 is 2.53 bits per heavy atom. The van der Waals surface area contributed by atoms with E-state index in [1.54, 1.807) is 17.4 Å². The molecule has 1 amide bonds. The van der Waals surface area contributed by atoms with Gasteiger partial charge in [-0.2, -0.15) is 0 Å². The number of hydrogen-bond donors (Lipinski definition) is 0. The van der Waals surface area contributed by atoms with Gasteiger partial charge in [0.25, 0.3) is 0 Å². The molecule has 1 aliphatic rings. The highest BCUT2D eigenvalue weighted by molar-refractivity contribution is 9.10. The van der Waals surface area contributed by atoms with Crippen molar-refractivity contribution in [2.24, 2.45) is 5.92 Å². The van der Waals surface area contributed by atoms with Gasteiger partial charge in [0, 0.05) is 46.4 Å². The van der Waals surface area contributed by atoms with E-state index in [2.05, 4.69) is 15.9 Å². The molecule has 3 nitrogen and oxygen atoms in total. The molecular formula is C14H18BrNO2S. The molecular weight excluding hydrogens is 326 g/mol. The molecule has 5 heteroatoms. The maximum atomic E-state index is 12.1. The summed E-state index contributed by atoms with van der Waals surface area (Å²) < 4.78 is 6.41. The van der Waals surface area contributed by atoms with E-state index >= 15 is 0 Å². The Bertz CT molecular complexity index is 452. The second-order valence-corrected chi connectivity index (χ2v) is 6.47. The van der Waals surface area contributed by atoms with Gasteiger partial charge in [-0.25, -0.2) is 0 Å². The van der Waals surface area contributed by atoms with E-state index in [1.807, 2.05) is 29.3 Å². The van der Waals surface area contributed by atoms with Crippen LogP contribution in [0.1, 0.15) is 18.2 Å². The minimum Gasteiger partial charge on any atom is -0.381 e. The summed E-state index contributed by atoms with van der Waals surface area (Å²) in [6, 6.07) is 2.01. The number of nitrogens with zero attached hydrogens (tertiary/aromatic N) is 1. The fraction of sp³-hybridized carbons (Fsp3) is 0.500. The third kappa shape index (κ3) is 4.44. The van der Waals surface area contributed by atoms with Crippen LogP contribution in [0.3, 0.4) is 0 Å². The Hall–Kier alpha value is -0.650. The van der Waals surface area contributed by atoms with E-state index in [-0.39, 0.29) is 5.91 Å². The molecule has 104 valence electrons. The topological polar surface area (TPSA) is 29.5 Å². The minimum absolute atomic E-state index is 0.0823. The second kappa shape index (κ2) is 7.22. The quantitative estimate of drug-likeness (QED) is 0.766. The predicted molar refractivity (Wildman–Crippen MR) is 82.2 cm³/mol. The van der Waals surface area contributed by atoms with Crippen molar-refractivity contribution in [1.82, 2.24) is 4.90 Å². The molecule has 19 heavy (non-hydrogen) atoms. The predicted octanol–water partition coefficient (Wildman–Crippen LogP) is 3.41. The number of carbonyl (C=O) groups is 1. The highest BCUT2D eigenvalue weighted by Crippen LogP contribution is 2.21. The van der Waals surface area contributed by atoms with Crippen molar-refractivity contribution in [3.05, 3.63) is 26.9 Å². The maximum Gasteiger partial charge on any atom is 0.246 e. The van der Waals surface area contributed by atoms with E-state index < -0.39 is 0 Å². The zero-order valence-electron chi connectivity index (χ0n) is 11.0. The summed E-state index contributed by atoms with van der Waals surface area (Å²) in [6.07, 6.45) is 4.61. The fourth-order valence-corrected chi connectivity index (χ4v) is 3.43. The molecule has 1 aromatic rings. The van der Waals surface area contributed by atoms with Gasteiger partial charge < -0.3 is 9.64 Å². The summed E-state index contributed by atoms with van der Waals surface area (Å²) in [5.41, 5.74) is 0. The van der Waals surface area contributed by atoms with Gasteiger partial charge in [-0.1, -0.05) is 0 Å². The first-order valence-corrected chi connectivity index (χ1v) is 8.15. The Kier molecular flexibility index (Phi) is 5.60. The van der Waals surface area contributed by atoms with Crippen molar-refractivity contribution in [3.63, 3.8) is 0 Å². The second-order valence-electron chi connectivity index (χ2n) is 4.61. The average molecular weight is 344 g/mol. The van der Waals surface area contributed by atoms with Gasteiger partial charge in [0.2, 0.25) is 5.91 Å². The number of ether oxygens (including phenoxy) is 1. The van der Waals surface area contributed by atoms with Crippen LogP contribution in [0.5, 0.6) is 0 Å². The Morgan fingerprint density at radius 3 is 3.11 bits per heavy atom. The van der Waals surface area contributed by atoms with E-state index in [0.717, 1.165) is 42.1 Å². The summed E-state index contributed by atoms with van der Waals surface area (Å²) in [7, 11) is 0. The van der Waals surface area contributed by atoms with Crippen molar-refractivity contribution in [2.45, 2.75) is 13.3 Å². The molecule has 0 unspecified atom stereocenters. The smallest absolute Gasteiger partial charge is 0.246 e. The Labute approximate surface area is 126 Å². The van der Waals surface area contributed by atoms with Crippen LogP contribution in [0, 0.1) is 5.92 Å². The molecule has 0 N–H and O–H groups in total. The summed E-state index contributed by atoms with van der Waals surface area (Å²) in [5, 5.41) is 2.01. The monoisotopic (exact) mass is 343 g/mol. The standard InChI is InChI=1S/C14H18BrNO2S/c1-2-16(8-11-5-6-18-9-11)14(17)4-3-13-7-12(15)10-19-13/h3-4,7,10-11H,2,5-6,8-9H2,1H3/b4-3-/t11-/m1/s1. The molecule has 0 aliphatic carbocycles. The van der Waals surface area contributed by atoms with Crippen LogP contribution in [-0.4, -0.2) is 37.1 Å². The molecule has 0 spiro atoms. The van der Waals surface area contributed by atoms with Gasteiger partial charge in [0.1, 0.15) is 0 Å². The summed E-state index contributed by atoms with van der Waals surface area (Å²) in [4.78, 5) is 15.1. The molecule has 0 saturated carbocycles. The SMILES string of the molecule is CCN(C[C@H]1CCOC1)C(=O)/C=C\c1cc(Br)cs1. The van der Waals surface area contributed by atoms with Gasteiger partial charge in [0.05, 0.1) is 6.61 Å². The van der Waals surface area contributed by atoms with Crippen LogP contribution in [0.4, 0.5) is 0 Å². The van der Waals surface area contributed by atoms with Crippen LogP contribution in [-0.2, 0) is 9.53 Å². The third-order valence-corrected chi connectivity index (χ3v) is 4.83. The Balaban J connectivity index is 1.90. The third-order valence-electron chi connectivity index (χ3n) is 3.17. The lowest BCUT2D eigenvalue weighted by Crippen LogP contribution is -2.34. The van der Waals surface area contributed by atoms with E-state index in [9.17, 15) is 4.79 Å². The van der Waals surface area contributed by atoms with Crippen molar-refractivity contribution in [2.75, 3.05) is 26.3 Å². The van der Waals surface area contributed by atoms with Crippen LogP contribution >= 0.6 is 27.3 Å². The van der Waals surface area contributed by atoms with Crippen LogP contribution in [0.15, 0.2) is 22.0 Å². The number of thiophene rings is 1. The highest BCUT2D eigenvalue weighted by atomic mass is 79.9. The molecule has 1 atom stereocenters. The van der Waals surface area contributed by atoms with Gasteiger partial charge >= 0.3 is 0 Å². The number of hydrogen-bond acceptors (Lipinski definition) is 3. The number of amides is 1. The van der Waals surface area contributed by atoms with Crippen LogP contribution < -0.4 is 0 Å². The van der Waals surface area contributed by atoms with Crippen molar-refractivity contribution in [3.8, 4) is 0 Å². The molecule has 0 aromatic carbocycles. The van der Waals surface area contributed by atoms with Crippen molar-refractivity contribution in [1.29, 1.82) is 0 Å². The van der Waals surface area contributed by atoms with Gasteiger partial charge in [-0.15, -0.1) is 11.3 Å². The molecule has 1 aliphatic heterocycles. The van der Waals surface area contributed by atoms with Gasteiger partial charge in [-0.05, 0) is 41.4 Å². The first kappa shape index (κ1) is 14.8. The molecule has 1 fully saturated rings. The zero-order chi connectivity index (χ0) is 13.7. The van der Waals surface area contributed by atoms with Crippen LogP contribution in [0.2, 0.25) is 0 Å². The summed E-state index contributed by atoms with van der Waals surface area (Å²) in [5.74, 6) is 0.576. The van der Waals surface area contributed by atoms with E-state index in [4.69, 9.17) is 4.74 Å². The zero-order valence-corrected chi connectivity index (χ0v) is 13.4. The normalized spacial score (nSPS) is 19.2. The molecule has 0 radical (unpaired) electrons. The minimum atomic E-state index is 0.0823. The first-order chi connectivity index (χ1) is 9.19. The van der Waals surface area contributed by atoms with Gasteiger partial charge in [0.15, 0.2) is 0 Å². The lowest BCUT2D eigenvalue weighted by Gasteiger charge is -2.22. The molecule has 0 bridgehead atoms. The summed E-state index contributed by atoms with van der Waals surface area (Å²) in [6.45, 7) is 5.17. The first-order valence-electron chi connectivity index (χ1n) is 6.47. The average Bonchev–Trinajstić information content (AvgIpc) is 3.04. The lowest BCUT2D eigenvalue weighted by atomic mass is 10.1. The van der Waals surface area contributed by atoms with Gasteiger partial charge in [-0.3, -0.25) is 4.79 Å². The van der Waals surface area contributed by atoms with Crippen LogP contribution in [0.25, 0.3) is 6.08 Å². The lowest BCUT2D eigenvalue weighted by molar-refractivity contribution is -0.126. The van der Waals surface area contributed by atoms with Crippen molar-refractivity contribution < 1.29 is 9.53 Å². The number of carbonyl (C=O) groups excluding carboxylic acids is 1. The number of halogens is 1. The summed E-state index contributed by atoms with van der Waals surface area (Å²) >= 11 is 5.03. The highest BCUT2D eigenvalue weighted by Gasteiger charge is 2.20. The number of rotatable bonds is 5. The van der Waals surface area contributed by atoms with E-state index in [0.29, 0.717) is 5.92 Å². The largest absolute Gasteiger partial charge is 0.381 e. The molecule has 1 aromatic heterocycles. The number of likely N-dealkylation sites (N-methyl/N-ethyl adjacent to an activating group) is 1. The molecule has 2 heterocycles.